The average molecular weight is 235 g/mol. The van der Waals surface area contributed by atoms with E-state index >= 15 is 0 Å². The Morgan fingerprint density at radius 3 is 2.65 bits per heavy atom. The third-order valence-electron chi connectivity index (χ3n) is 2.50. The molecule has 17 heavy (non-hydrogen) atoms. The molecule has 92 valence electrons. The largest absolute Gasteiger partial charge is 0.387 e. The second-order valence-corrected chi connectivity index (χ2v) is 4.40. The first-order valence-corrected chi connectivity index (χ1v) is 5.68. The highest BCUT2D eigenvalue weighted by atomic mass is 16.3. The third kappa shape index (κ3) is 2.71. The summed E-state index contributed by atoms with van der Waals surface area (Å²) in [6.45, 7) is 6.40. The van der Waals surface area contributed by atoms with Gasteiger partial charge in [0.15, 0.2) is 0 Å². The topological polar surface area (TPSA) is 68.8 Å². The predicted molar refractivity (Wildman–Crippen MR) is 62.4 cm³/mol. The normalized spacial score (nSPS) is 13.2. The lowest BCUT2D eigenvalue weighted by molar-refractivity contribution is 0.194. The molecule has 0 saturated heterocycles. The quantitative estimate of drug-likeness (QED) is 0.863. The van der Waals surface area contributed by atoms with Gasteiger partial charge in [-0.05, 0) is 26.8 Å². The highest BCUT2D eigenvalue weighted by Crippen LogP contribution is 2.08. The molecule has 2 rings (SSSR count). The van der Waals surface area contributed by atoms with E-state index in [9.17, 15) is 5.11 Å². The van der Waals surface area contributed by atoms with Gasteiger partial charge in [0.25, 0.3) is 0 Å². The van der Waals surface area contributed by atoms with Gasteiger partial charge >= 0.3 is 0 Å². The lowest BCUT2D eigenvalue weighted by Gasteiger charge is -2.03. The molecule has 0 amide bonds. The van der Waals surface area contributed by atoms with E-state index in [-0.39, 0.29) is 0 Å². The number of aliphatic hydroxyl groups is 1. The van der Waals surface area contributed by atoms with E-state index in [2.05, 4.69) is 29.3 Å². The summed E-state index contributed by atoms with van der Waals surface area (Å²) in [5, 5.41) is 21.6. The second kappa shape index (κ2) is 4.67. The summed E-state index contributed by atoms with van der Waals surface area (Å²) in [4.78, 5) is 0. The van der Waals surface area contributed by atoms with Gasteiger partial charge in [-0.15, -0.1) is 5.10 Å². The summed E-state index contributed by atoms with van der Waals surface area (Å²) in [5.74, 6) is 0. The molecular weight excluding hydrogens is 218 g/mol. The van der Waals surface area contributed by atoms with Crippen molar-refractivity contribution >= 4 is 0 Å². The van der Waals surface area contributed by atoms with Crippen LogP contribution in [-0.4, -0.2) is 29.9 Å². The second-order valence-electron chi connectivity index (χ2n) is 4.40. The van der Waals surface area contributed by atoms with Crippen LogP contribution in [0, 0.1) is 0 Å². The molecule has 0 spiro atoms. The molecule has 0 aromatic carbocycles. The number of aromatic nitrogens is 5. The van der Waals surface area contributed by atoms with Gasteiger partial charge in [0.05, 0.1) is 24.5 Å². The number of hydrogen-bond acceptors (Lipinski definition) is 4. The summed E-state index contributed by atoms with van der Waals surface area (Å²) in [5.41, 5.74) is 1.51. The van der Waals surface area contributed by atoms with Gasteiger partial charge in [-0.3, -0.25) is 4.68 Å². The van der Waals surface area contributed by atoms with Gasteiger partial charge in [0.2, 0.25) is 0 Å². The van der Waals surface area contributed by atoms with Crippen LogP contribution in [0.25, 0.3) is 0 Å². The minimum Gasteiger partial charge on any atom is -0.387 e. The van der Waals surface area contributed by atoms with Gasteiger partial charge in [-0.2, -0.15) is 5.10 Å². The predicted octanol–water partition coefficient (Wildman–Crippen LogP) is 1.16. The van der Waals surface area contributed by atoms with Crippen molar-refractivity contribution in [1.29, 1.82) is 0 Å². The maximum absolute atomic E-state index is 9.34. The molecule has 0 aliphatic rings. The molecule has 1 unspecified atom stereocenters. The van der Waals surface area contributed by atoms with Crippen molar-refractivity contribution < 1.29 is 5.11 Å². The summed E-state index contributed by atoms with van der Waals surface area (Å²) in [6, 6.07) is 2.32. The van der Waals surface area contributed by atoms with Crippen LogP contribution in [0.3, 0.4) is 0 Å². The Morgan fingerprint density at radius 1 is 1.35 bits per heavy atom. The molecule has 0 bridgehead atoms. The number of hydrogen-bond donors (Lipinski definition) is 1. The molecule has 6 heteroatoms. The zero-order valence-electron chi connectivity index (χ0n) is 10.3. The first-order chi connectivity index (χ1) is 8.06. The summed E-state index contributed by atoms with van der Waals surface area (Å²) in [6.07, 6.45) is 3.10. The van der Waals surface area contributed by atoms with E-state index in [0.29, 0.717) is 18.3 Å². The van der Waals surface area contributed by atoms with Crippen molar-refractivity contribution in [2.45, 2.75) is 39.5 Å². The summed E-state index contributed by atoms with van der Waals surface area (Å²) < 4.78 is 3.58. The number of aliphatic hydroxyl groups excluding tert-OH is 1. The van der Waals surface area contributed by atoms with Crippen molar-refractivity contribution in [3.8, 4) is 0 Å². The Balaban J connectivity index is 2.08. The molecule has 2 aromatic rings. The van der Waals surface area contributed by atoms with Gasteiger partial charge in [0.1, 0.15) is 5.69 Å². The van der Waals surface area contributed by atoms with Crippen molar-refractivity contribution in [3.05, 3.63) is 29.8 Å². The van der Waals surface area contributed by atoms with Gasteiger partial charge < -0.3 is 5.11 Å². The lowest BCUT2D eigenvalue weighted by Crippen LogP contribution is -2.05. The van der Waals surface area contributed by atoms with Crippen molar-refractivity contribution in [3.63, 3.8) is 0 Å². The Hall–Kier alpha value is -1.69. The highest BCUT2D eigenvalue weighted by Gasteiger charge is 2.08. The third-order valence-corrected chi connectivity index (χ3v) is 2.50. The molecule has 6 nitrogen and oxygen atoms in total. The molecule has 2 aromatic heterocycles. The Kier molecular flexibility index (Phi) is 3.23. The van der Waals surface area contributed by atoms with Crippen LogP contribution in [-0.2, 0) is 6.54 Å². The maximum Gasteiger partial charge on any atom is 0.111 e. The molecule has 1 N–H and O–H groups in total. The van der Waals surface area contributed by atoms with E-state index < -0.39 is 6.10 Å². The maximum atomic E-state index is 9.34. The van der Waals surface area contributed by atoms with Crippen LogP contribution in [0.1, 0.15) is 44.3 Å². The summed E-state index contributed by atoms with van der Waals surface area (Å²) >= 11 is 0. The van der Waals surface area contributed by atoms with E-state index in [1.807, 2.05) is 16.9 Å². The minimum absolute atomic E-state index is 0.354. The van der Waals surface area contributed by atoms with Gasteiger partial charge in [-0.25, -0.2) is 4.68 Å². The molecule has 0 radical (unpaired) electrons. The fraction of sp³-hybridized carbons (Fsp3) is 0.545. The SMILES string of the molecule is CC(O)c1cn(Cc2ccn(C(C)C)n2)nn1. The fourth-order valence-electron chi connectivity index (χ4n) is 1.50. The monoisotopic (exact) mass is 235 g/mol. The van der Waals surface area contributed by atoms with E-state index in [0.717, 1.165) is 5.69 Å². The van der Waals surface area contributed by atoms with Gasteiger partial charge in [-0.1, -0.05) is 5.21 Å². The molecule has 0 aliphatic carbocycles. The zero-order chi connectivity index (χ0) is 12.4. The Morgan fingerprint density at radius 2 is 2.12 bits per heavy atom. The van der Waals surface area contributed by atoms with Crippen LogP contribution < -0.4 is 0 Å². The lowest BCUT2D eigenvalue weighted by atomic mass is 10.3. The zero-order valence-corrected chi connectivity index (χ0v) is 10.3. The van der Waals surface area contributed by atoms with Crippen molar-refractivity contribution in [2.75, 3.05) is 0 Å². The van der Waals surface area contributed by atoms with Crippen LogP contribution in [0.4, 0.5) is 0 Å². The van der Waals surface area contributed by atoms with Gasteiger partial charge in [0, 0.05) is 12.2 Å². The van der Waals surface area contributed by atoms with E-state index in [1.54, 1.807) is 17.8 Å². The molecule has 0 fully saturated rings. The van der Waals surface area contributed by atoms with Crippen LogP contribution in [0.5, 0.6) is 0 Å². The fourth-order valence-corrected chi connectivity index (χ4v) is 1.50. The molecular formula is C11H17N5O. The smallest absolute Gasteiger partial charge is 0.111 e. The Labute approximate surface area is 99.9 Å². The van der Waals surface area contributed by atoms with Crippen LogP contribution in [0.2, 0.25) is 0 Å². The minimum atomic E-state index is -0.586. The first kappa shape index (κ1) is 11.8. The van der Waals surface area contributed by atoms with E-state index in [4.69, 9.17) is 0 Å². The van der Waals surface area contributed by atoms with Crippen molar-refractivity contribution in [2.24, 2.45) is 0 Å². The molecule has 2 heterocycles. The van der Waals surface area contributed by atoms with Crippen LogP contribution in [0.15, 0.2) is 18.5 Å². The number of rotatable bonds is 4. The highest BCUT2D eigenvalue weighted by molar-refractivity contribution is 5.02. The Bertz CT molecular complexity index is 441. The van der Waals surface area contributed by atoms with Crippen molar-refractivity contribution in [1.82, 2.24) is 24.8 Å². The summed E-state index contributed by atoms with van der Waals surface area (Å²) in [7, 11) is 0. The first-order valence-electron chi connectivity index (χ1n) is 5.68. The average Bonchev–Trinajstić information content (AvgIpc) is 2.87. The number of nitrogens with zero attached hydrogens (tertiary/aromatic N) is 5. The van der Waals surface area contributed by atoms with Crippen LogP contribution >= 0.6 is 0 Å². The molecule has 0 aliphatic heterocycles. The molecule has 1 atom stereocenters. The standard InChI is InChI=1S/C11H17N5O/c1-8(2)16-5-4-10(13-16)6-15-7-11(9(3)17)12-14-15/h4-5,7-9,17H,6H2,1-3H3. The molecule has 0 saturated carbocycles. The van der Waals surface area contributed by atoms with E-state index in [1.165, 1.54) is 0 Å².